The smallest absolute Gasteiger partial charge is 0.315 e. The van der Waals surface area contributed by atoms with E-state index in [1.165, 1.54) is 32.4 Å². The summed E-state index contributed by atoms with van der Waals surface area (Å²) in [5, 5.41) is 0. The van der Waals surface area contributed by atoms with Crippen LogP contribution in [-0.2, 0) is 9.53 Å². The molecule has 96 valence electrons. The molecular formula is C11H22ClNO2S. The number of carbonyl (C=O) groups is 1. The lowest BCUT2D eigenvalue weighted by molar-refractivity contribution is -0.139. The predicted molar refractivity (Wildman–Crippen MR) is 71.5 cm³/mol. The Balaban J connectivity index is 0.00000225. The Morgan fingerprint density at radius 1 is 1.31 bits per heavy atom. The maximum Gasteiger partial charge on any atom is 0.315 e. The molecular weight excluding hydrogens is 246 g/mol. The Kier molecular flexibility index (Phi) is 10.3. The first-order valence-electron chi connectivity index (χ1n) is 5.78. The van der Waals surface area contributed by atoms with Crippen molar-refractivity contribution in [3.05, 3.63) is 0 Å². The lowest BCUT2D eigenvalue weighted by atomic mass is 10.1. The Hall–Kier alpha value is 0.0700. The molecule has 0 aliphatic carbocycles. The number of thioether (sulfide) groups is 1. The number of rotatable bonds is 6. The molecule has 1 aliphatic rings. The number of ether oxygens (including phenoxy) is 1. The van der Waals surface area contributed by atoms with Crippen LogP contribution in [0.4, 0.5) is 0 Å². The van der Waals surface area contributed by atoms with Crippen LogP contribution in [0.1, 0.15) is 26.2 Å². The summed E-state index contributed by atoms with van der Waals surface area (Å²) in [5.41, 5.74) is 0. The molecule has 0 bridgehead atoms. The van der Waals surface area contributed by atoms with Gasteiger partial charge in [-0.2, -0.15) is 0 Å². The molecule has 0 aromatic carbocycles. The molecule has 0 N–H and O–H groups in total. The van der Waals surface area contributed by atoms with Crippen molar-refractivity contribution in [2.24, 2.45) is 0 Å². The Bertz CT molecular complexity index is 187. The Labute approximate surface area is 109 Å². The number of halogens is 1. The number of nitrogens with zero attached hydrogens (tertiary/aromatic N) is 1. The third-order valence-corrected chi connectivity index (χ3v) is 3.44. The van der Waals surface area contributed by atoms with Crippen molar-refractivity contribution in [2.75, 3.05) is 37.7 Å². The molecule has 0 atom stereocenters. The van der Waals surface area contributed by atoms with Crippen LogP contribution in [0.3, 0.4) is 0 Å². The number of likely N-dealkylation sites (tertiary alicyclic amines) is 1. The second-order valence-corrected chi connectivity index (χ2v) is 4.87. The summed E-state index contributed by atoms with van der Waals surface area (Å²) in [7, 11) is 0. The molecule has 0 radical (unpaired) electrons. The fraction of sp³-hybridized carbons (Fsp3) is 0.909. The van der Waals surface area contributed by atoms with E-state index in [4.69, 9.17) is 4.74 Å². The standard InChI is InChI=1S/C11H21NO2S.ClH/c1-2-14-11(13)10-15-9-8-12-6-4-3-5-7-12;/h2-10H2,1H3;1H. The SMILES string of the molecule is CCOC(=O)CSCCN1CCCCC1.Cl. The van der Waals surface area contributed by atoms with E-state index in [-0.39, 0.29) is 18.4 Å². The van der Waals surface area contributed by atoms with Crippen LogP contribution in [0.5, 0.6) is 0 Å². The van der Waals surface area contributed by atoms with E-state index in [1.54, 1.807) is 11.8 Å². The zero-order valence-electron chi connectivity index (χ0n) is 9.94. The normalized spacial score (nSPS) is 16.6. The van der Waals surface area contributed by atoms with E-state index in [2.05, 4.69) is 4.90 Å². The van der Waals surface area contributed by atoms with Gasteiger partial charge in [0.15, 0.2) is 0 Å². The molecule has 0 unspecified atom stereocenters. The molecule has 0 saturated carbocycles. The summed E-state index contributed by atoms with van der Waals surface area (Å²) in [6.45, 7) is 5.92. The highest BCUT2D eigenvalue weighted by molar-refractivity contribution is 7.99. The fourth-order valence-electron chi connectivity index (χ4n) is 1.73. The minimum atomic E-state index is -0.0823. The van der Waals surface area contributed by atoms with E-state index in [1.807, 2.05) is 6.92 Å². The number of piperidine rings is 1. The van der Waals surface area contributed by atoms with Gasteiger partial charge in [-0.3, -0.25) is 4.79 Å². The fourth-order valence-corrected chi connectivity index (χ4v) is 2.52. The van der Waals surface area contributed by atoms with Gasteiger partial charge in [0, 0.05) is 12.3 Å². The first kappa shape index (κ1) is 16.1. The minimum absolute atomic E-state index is 0. The van der Waals surface area contributed by atoms with Crippen molar-refractivity contribution >= 4 is 30.1 Å². The van der Waals surface area contributed by atoms with E-state index in [0.29, 0.717) is 12.4 Å². The molecule has 0 amide bonds. The average Bonchev–Trinajstić information content (AvgIpc) is 2.26. The van der Waals surface area contributed by atoms with E-state index < -0.39 is 0 Å². The van der Waals surface area contributed by atoms with Gasteiger partial charge < -0.3 is 9.64 Å². The zero-order valence-corrected chi connectivity index (χ0v) is 11.6. The number of hydrogen-bond acceptors (Lipinski definition) is 4. The van der Waals surface area contributed by atoms with Gasteiger partial charge in [-0.05, 0) is 32.9 Å². The Morgan fingerprint density at radius 3 is 2.62 bits per heavy atom. The summed E-state index contributed by atoms with van der Waals surface area (Å²) in [6.07, 6.45) is 4.05. The molecule has 1 fully saturated rings. The van der Waals surface area contributed by atoms with Gasteiger partial charge in [0.25, 0.3) is 0 Å². The summed E-state index contributed by atoms with van der Waals surface area (Å²) in [5.74, 6) is 1.46. The highest BCUT2D eigenvalue weighted by atomic mass is 35.5. The van der Waals surface area contributed by atoms with Gasteiger partial charge in [-0.25, -0.2) is 0 Å². The maximum atomic E-state index is 11.0. The van der Waals surface area contributed by atoms with Crippen molar-refractivity contribution in [1.29, 1.82) is 0 Å². The van der Waals surface area contributed by atoms with Crippen molar-refractivity contribution in [1.82, 2.24) is 4.90 Å². The van der Waals surface area contributed by atoms with Crippen molar-refractivity contribution in [3.63, 3.8) is 0 Å². The molecule has 0 spiro atoms. The minimum Gasteiger partial charge on any atom is -0.465 e. The first-order chi connectivity index (χ1) is 7.33. The highest BCUT2D eigenvalue weighted by Crippen LogP contribution is 2.10. The van der Waals surface area contributed by atoms with Crippen molar-refractivity contribution < 1.29 is 9.53 Å². The number of hydrogen-bond donors (Lipinski definition) is 0. The second-order valence-electron chi connectivity index (χ2n) is 3.76. The molecule has 0 aromatic rings. The van der Waals surface area contributed by atoms with Gasteiger partial charge in [0.05, 0.1) is 12.4 Å². The summed E-state index contributed by atoms with van der Waals surface area (Å²) in [6, 6.07) is 0. The van der Waals surface area contributed by atoms with E-state index in [9.17, 15) is 4.79 Å². The third kappa shape index (κ3) is 7.36. The van der Waals surface area contributed by atoms with Crippen molar-refractivity contribution in [2.45, 2.75) is 26.2 Å². The van der Waals surface area contributed by atoms with Gasteiger partial charge in [0.2, 0.25) is 0 Å². The monoisotopic (exact) mass is 267 g/mol. The van der Waals surface area contributed by atoms with Gasteiger partial charge in [-0.1, -0.05) is 6.42 Å². The van der Waals surface area contributed by atoms with Crippen LogP contribution in [0.15, 0.2) is 0 Å². The molecule has 1 rings (SSSR count). The molecule has 16 heavy (non-hydrogen) atoms. The van der Waals surface area contributed by atoms with Crippen LogP contribution in [0, 0.1) is 0 Å². The molecule has 1 aliphatic heterocycles. The van der Waals surface area contributed by atoms with Gasteiger partial charge in [0.1, 0.15) is 0 Å². The average molecular weight is 268 g/mol. The number of carbonyl (C=O) groups excluding carboxylic acids is 1. The Morgan fingerprint density at radius 2 is 2.00 bits per heavy atom. The topological polar surface area (TPSA) is 29.5 Å². The quantitative estimate of drug-likeness (QED) is 0.545. The van der Waals surface area contributed by atoms with Crippen LogP contribution >= 0.6 is 24.2 Å². The summed E-state index contributed by atoms with van der Waals surface area (Å²) < 4.78 is 4.86. The third-order valence-electron chi connectivity index (χ3n) is 2.53. The zero-order chi connectivity index (χ0) is 10.9. The van der Waals surface area contributed by atoms with E-state index >= 15 is 0 Å². The molecule has 0 aromatic heterocycles. The summed E-state index contributed by atoms with van der Waals surface area (Å²) in [4.78, 5) is 13.5. The summed E-state index contributed by atoms with van der Waals surface area (Å²) >= 11 is 1.68. The largest absolute Gasteiger partial charge is 0.465 e. The number of esters is 1. The van der Waals surface area contributed by atoms with Gasteiger partial charge >= 0.3 is 5.97 Å². The molecule has 5 heteroatoms. The second kappa shape index (κ2) is 10.2. The van der Waals surface area contributed by atoms with Crippen molar-refractivity contribution in [3.8, 4) is 0 Å². The molecule has 1 saturated heterocycles. The maximum absolute atomic E-state index is 11.0. The van der Waals surface area contributed by atoms with Crippen LogP contribution in [-0.4, -0.2) is 48.6 Å². The van der Waals surface area contributed by atoms with Gasteiger partial charge in [-0.15, -0.1) is 24.2 Å². The lowest BCUT2D eigenvalue weighted by Gasteiger charge is -2.25. The van der Waals surface area contributed by atoms with Crippen LogP contribution < -0.4 is 0 Å². The predicted octanol–water partition coefficient (Wildman–Crippen LogP) is 2.19. The highest BCUT2D eigenvalue weighted by Gasteiger charge is 2.09. The molecule has 3 nitrogen and oxygen atoms in total. The van der Waals surface area contributed by atoms with Crippen LogP contribution in [0.2, 0.25) is 0 Å². The van der Waals surface area contributed by atoms with E-state index in [0.717, 1.165) is 12.3 Å². The molecule has 1 heterocycles. The lowest BCUT2D eigenvalue weighted by Crippen LogP contribution is -2.31. The van der Waals surface area contributed by atoms with Crippen LogP contribution in [0.25, 0.3) is 0 Å². The first-order valence-corrected chi connectivity index (χ1v) is 6.94.